The molecular formula is C8H10CaO10. The fourth-order valence-corrected chi connectivity index (χ4v) is 0.482. The van der Waals surface area contributed by atoms with Gasteiger partial charge < -0.3 is 49.8 Å². The summed E-state index contributed by atoms with van der Waals surface area (Å²) in [5, 5.41) is 54.7. The first-order valence-electron chi connectivity index (χ1n) is 4.25. The summed E-state index contributed by atoms with van der Waals surface area (Å²) in [7, 11) is 0. The van der Waals surface area contributed by atoms with Crippen LogP contribution in [0.1, 0.15) is 15.7 Å². The van der Waals surface area contributed by atoms with E-state index in [0.717, 1.165) is 0 Å². The van der Waals surface area contributed by atoms with E-state index in [-0.39, 0.29) is 40.6 Å². The molecule has 0 heterocycles. The number of carboxylic acids is 4. The van der Waals surface area contributed by atoms with Crippen LogP contribution in [-0.4, -0.2) is 84.0 Å². The van der Waals surface area contributed by atoms with Crippen LogP contribution < -0.4 is 20.4 Å². The van der Waals surface area contributed by atoms with Crippen molar-refractivity contribution in [3.8, 4) is 0 Å². The van der Waals surface area contributed by atoms with Gasteiger partial charge in [-0.25, -0.2) is 0 Å². The van der Waals surface area contributed by atoms with Crippen LogP contribution >= 0.6 is 0 Å². The topological polar surface area (TPSA) is 201 Å². The Morgan fingerprint density at radius 1 is 0.789 bits per heavy atom. The van der Waals surface area contributed by atoms with Gasteiger partial charge in [-0.1, -0.05) is 0 Å². The van der Waals surface area contributed by atoms with E-state index in [9.17, 15) is 39.6 Å². The van der Waals surface area contributed by atoms with Crippen molar-refractivity contribution in [2.24, 2.45) is 0 Å². The van der Waals surface area contributed by atoms with Gasteiger partial charge in [0.1, 0.15) is 0 Å². The minimum Gasteiger partial charge on any atom is -0.550 e. The van der Waals surface area contributed by atoms with Crippen LogP contribution in [0.2, 0.25) is 0 Å². The van der Waals surface area contributed by atoms with Crippen molar-refractivity contribution < 1.29 is 52.7 Å². The van der Waals surface area contributed by atoms with Gasteiger partial charge in [0.25, 0.3) is 0 Å². The second-order valence-corrected chi connectivity index (χ2v) is 2.82. The zero-order valence-corrected chi connectivity index (χ0v) is 11.6. The molecule has 0 saturated carbocycles. The smallest absolute Gasteiger partial charge is 0.550 e. The summed E-state index contributed by atoms with van der Waals surface area (Å²) in [6, 6.07) is 0. The quantitative estimate of drug-likeness (QED) is 0.443. The van der Waals surface area contributed by atoms with Crippen LogP contribution in [-0.2, 0) is 19.2 Å². The van der Waals surface area contributed by atoms with E-state index in [0.29, 0.717) is 0 Å². The molecular weight excluding hydrogens is 296 g/mol. The number of aliphatic hydroxyl groups is 2. The zero-order chi connectivity index (χ0) is 14.9. The van der Waals surface area contributed by atoms with Crippen LogP contribution in [0.3, 0.4) is 0 Å². The zero-order valence-electron chi connectivity index (χ0n) is 11.4. The molecule has 0 spiro atoms. The third-order valence-corrected chi connectivity index (χ3v) is 1.26. The van der Waals surface area contributed by atoms with E-state index in [1.54, 1.807) is 0 Å². The number of hydrogen-bond acceptors (Lipinski definition) is 10. The van der Waals surface area contributed by atoms with Crippen molar-refractivity contribution in [3.63, 3.8) is 0 Å². The summed E-state index contributed by atoms with van der Waals surface area (Å²) in [5.41, 5.74) is 0. The molecule has 0 aliphatic carbocycles. The average molecular weight is 306 g/mol. The van der Waals surface area contributed by atoms with Gasteiger partial charge in [0.15, 0.2) is 0 Å². The van der Waals surface area contributed by atoms with E-state index in [4.69, 9.17) is 10.2 Å². The molecule has 2 N–H and O–H groups in total. The van der Waals surface area contributed by atoms with Crippen LogP contribution in [0, 0.1) is 0 Å². The third kappa shape index (κ3) is 17.1. The van der Waals surface area contributed by atoms with E-state index in [1.807, 2.05) is 0 Å². The second-order valence-electron chi connectivity index (χ2n) is 2.82. The Hall–Kier alpha value is -0.940. The molecule has 0 aromatic carbocycles. The summed E-state index contributed by atoms with van der Waals surface area (Å²) < 4.78 is 0. The number of aliphatic carboxylic acids is 4. The Morgan fingerprint density at radius 2 is 1.00 bits per heavy atom. The molecule has 0 aliphatic rings. The van der Waals surface area contributed by atoms with Crippen molar-refractivity contribution in [2.75, 3.05) is 0 Å². The molecule has 0 fully saturated rings. The van der Waals surface area contributed by atoms with Crippen LogP contribution in [0.25, 0.3) is 0 Å². The van der Waals surface area contributed by atoms with Crippen molar-refractivity contribution in [2.45, 2.75) is 25.0 Å². The number of aliphatic hydroxyl groups excluding tert-OH is 2. The SMILES string of the molecule is O=C([O-])CC(O)C(=O)[O-].O=C([O-])CC(O)C(=O)[O-].[Ca+2].[H+].[H+]. The molecule has 2 unspecified atom stereocenters. The van der Waals surface area contributed by atoms with Gasteiger partial charge in [-0.15, -0.1) is 0 Å². The third-order valence-electron chi connectivity index (χ3n) is 1.26. The van der Waals surface area contributed by atoms with E-state index in [1.165, 1.54) is 0 Å². The monoisotopic (exact) mass is 306 g/mol. The predicted molar refractivity (Wildman–Crippen MR) is 49.3 cm³/mol. The number of carbonyl (C=O) groups is 4. The number of carboxylic acid groups (broad SMARTS) is 4. The van der Waals surface area contributed by atoms with Gasteiger partial charge in [-0.3, -0.25) is 0 Å². The molecule has 2 atom stereocenters. The predicted octanol–water partition coefficient (Wildman–Crippen LogP) is -7.68. The molecule has 0 aromatic heterocycles. The van der Waals surface area contributed by atoms with Crippen molar-refractivity contribution in [1.82, 2.24) is 0 Å². The molecule has 0 bridgehead atoms. The van der Waals surface area contributed by atoms with Crippen LogP contribution in [0.4, 0.5) is 0 Å². The Balaban J connectivity index is -0.0000000711. The second kappa shape index (κ2) is 12.1. The van der Waals surface area contributed by atoms with Gasteiger partial charge >= 0.3 is 40.6 Å². The molecule has 0 aliphatic heterocycles. The van der Waals surface area contributed by atoms with E-state index in [2.05, 4.69) is 0 Å². The first-order valence-corrected chi connectivity index (χ1v) is 4.25. The number of hydrogen-bond donors (Lipinski definition) is 2. The standard InChI is InChI=1S/2C4H6O5.Ca/c2*5-2(4(8)9)1-3(6)7;/h2*2,5H,1H2,(H,6,7)(H,8,9);/q;;+2/p-2. The maximum Gasteiger partial charge on any atom is 2.00 e. The number of carbonyl (C=O) groups excluding carboxylic acids is 4. The molecule has 0 amide bonds. The summed E-state index contributed by atoms with van der Waals surface area (Å²) in [5.74, 6) is -6.85. The molecule has 11 heteroatoms. The van der Waals surface area contributed by atoms with Crippen LogP contribution in [0.5, 0.6) is 0 Å². The molecule has 19 heavy (non-hydrogen) atoms. The Labute approximate surface area is 139 Å². The van der Waals surface area contributed by atoms with Gasteiger partial charge in [0, 0.05) is 24.8 Å². The fraction of sp³-hybridized carbons (Fsp3) is 0.500. The Kier molecular flexibility index (Phi) is 14.8. The van der Waals surface area contributed by atoms with Gasteiger partial charge in [0.05, 0.1) is 24.1 Å². The minimum atomic E-state index is -1.96. The minimum absolute atomic E-state index is 0. The van der Waals surface area contributed by atoms with E-state index < -0.39 is 48.9 Å². The molecule has 0 radical (unpaired) electrons. The summed E-state index contributed by atoms with van der Waals surface area (Å²) in [6.45, 7) is 0. The Morgan fingerprint density at radius 3 is 1.05 bits per heavy atom. The molecule has 0 saturated heterocycles. The molecule has 0 aromatic rings. The summed E-state index contributed by atoms with van der Waals surface area (Å²) in [6.07, 6.45) is -5.78. The summed E-state index contributed by atoms with van der Waals surface area (Å²) in [4.78, 5) is 38.3. The molecule has 104 valence electrons. The van der Waals surface area contributed by atoms with Crippen LogP contribution in [0.15, 0.2) is 0 Å². The Bertz CT molecular complexity index is 305. The maximum atomic E-state index is 9.58. The summed E-state index contributed by atoms with van der Waals surface area (Å²) >= 11 is 0. The van der Waals surface area contributed by atoms with Gasteiger partial charge in [-0.05, 0) is 0 Å². The first-order chi connectivity index (χ1) is 8.07. The number of rotatable bonds is 6. The average Bonchev–Trinajstić information content (AvgIpc) is 2.16. The van der Waals surface area contributed by atoms with E-state index >= 15 is 0 Å². The maximum absolute atomic E-state index is 9.58. The normalized spacial score (nSPS) is 11.9. The van der Waals surface area contributed by atoms with Gasteiger partial charge in [-0.2, -0.15) is 0 Å². The van der Waals surface area contributed by atoms with Crippen molar-refractivity contribution >= 4 is 61.6 Å². The van der Waals surface area contributed by atoms with Crippen molar-refractivity contribution in [1.29, 1.82) is 0 Å². The van der Waals surface area contributed by atoms with Crippen molar-refractivity contribution in [3.05, 3.63) is 0 Å². The first kappa shape index (κ1) is 23.2. The van der Waals surface area contributed by atoms with Gasteiger partial charge in [0.2, 0.25) is 0 Å². The fourth-order valence-electron chi connectivity index (χ4n) is 0.482. The molecule has 10 nitrogen and oxygen atoms in total. The largest absolute Gasteiger partial charge is 2.00 e. The molecule has 0 rings (SSSR count).